The molecule has 0 bridgehead atoms. The fourth-order valence-corrected chi connectivity index (χ4v) is 4.43. The maximum atomic E-state index is 13.5. The van der Waals surface area contributed by atoms with Crippen LogP contribution in [0, 0.1) is 11.8 Å². The first kappa shape index (κ1) is 31.8. The molecule has 1 unspecified atom stereocenters. The molecular weight excluding hydrogens is 517 g/mol. The summed E-state index contributed by atoms with van der Waals surface area (Å²) in [5, 5.41) is 4.85. The van der Waals surface area contributed by atoms with E-state index >= 15 is 0 Å². The van der Waals surface area contributed by atoms with Crippen molar-refractivity contribution in [3.8, 4) is 0 Å². The number of Topliss-reactive ketones (excluding diaryl/α,β-unsaturated/α-hetero) is 1. The van der Waals surface area contributed by atoms with Gasteiger partial charge in [0.25, 0.3) is 5.78 Å². The Morgan fingerprint density at radius 2 is 1.56 bits per heavy atom. The molecule has 0 spiro atoms. The van der Waals surface area contributed by atoms with E-state index < -0.39 is 53.7 Å². The van der Waals surface area contributed by atoms with E-state index in [1.165, 1.54) is 30.6 Å². The van der Waals surface area contributed by atoms with Crippen molar-refractivity contribution in [2.45, 2.75) is 78.3 Å². The molecule has 1 aliphatic heterocycles. The van der Waals surface area contributed by atoms with Crippen molar-refractivity contribution in [3.63, 3.8) is 0 Å². The second-order valence-corrected chi connectivity index (χ2v) is 10.4. The highest BCUT2D eigenvalue weighted by Gasteiger charge is 2.46. The van der Waals surface area contributed by atoms with Gasteiger partial charge in [0.1, 0.15) is 12.1 Å². The molecule has 1 fully saturated rings. The molecule has 0 radical (unpaired) electrons. The van der Waals surface area contributed by atoms with Crippen LogP contribution in [0.3, 0.4) is 0 Å². The van der Waals surface area contributed by atoms with Gasteiger partial charge in [-0.3, -0.25) is 24.0 Å². The predicted molar refractivity (Wildman–Crippen MR) is 137 cm³/mol. The summed E-state index contributed by atoms with van der Waals surface area (Å²) >= 11 is 0. The molecule has 2 N–H and O–H groups in total. The molecule has 1 aliphatic rings. The van der Waals surface area contributed by atoms with Crippen molar-refractivity contribution in [2.24, 2.45) is 11.8 Å². The molecule has 2 rings (SSSR count). The molecule has 4 amide bonds. The average molecular weight is 555 g/mol. The van der Waals surface area contributed by atoms with E-state index in [0.29, 0.717) is 6.42 Å². The number of halogens is 3. The normalized spacial score (nSPS) is 17.1. The third-order valence-electron chi connectivity index (χ3n) is 6.61. The lowest BCUT2D eigenvalue weighted by Gasteiger charge is -2.32. The predicted octanol–water partition coefficient (Wildman–Crippen LogP) is 2.44. The molecule has 39 heavy (non-hydrogen) atoms. The number of ketones is 1. The van der Waals surface area contributed by atoms with Gasteiger partial charge >= 0.3 is 6.18 Å². The minimum absolute atomic E-state index is 0.170. The monoisotopic (exact) mass is 554 g/mol. The smallest absolute Gasteiger partial charge is 0.344 e. The van der Waals surface area contributed by atoms with Crippen LogP contribution in [0.2, 0.25) is 0 Å². The Morgan fingerprint density at radius 3 is 2.08 bits per heavy atom. The first-order valence-electron chi connectivity index (χ1n) is 12.9. The van der Waals surface area contributed by atoms with Gasteiger partial charge in [-0.25, -0.2) is 0 Å². The molecule has 9 nitrogen and oxygen atoms in total. The van der Waals surface area contributed by atoms with Gasteiger partial charge in [0, 0.05) is 20.0 Å². The Hall–Kier alpha value is -3.44. The molecule has 0 aromatic heterocycles. The number of amides is 4. The minimum atomic E-state index is -5.12. The number of hydrogen-bond acceptors (Lipinski definition) is 5. The fourth-order valence-electron chi connectivity index (χ4n) is 4.43. The number of carbonyl (C=O) groups is 5. The minimum Gasteiger partial charge on any atom is -0.344 e. The topological polar surface area (TPSA) is 116 Å². The Kier molecular flexibility index (Phi) is 11.1. The summed E-state index contributed by atoms with van der Waals surface area (Å²) in [4.78, 5) is 65.9. The molecule has 0 saturated carbocycles. The van der Waals surface area contributed by atoms with Gasteiger partial charge in [0.05, 0.1) is 12.6 Å². The maximum absolute atomic E-state index is 13.5. The van der Waals surface area contributed by atoms with E-state index in [2.05, 4.69) is 10.6 Å². The molecule has 3 atom stereocenters. The average Bonchev–Trinajstić information content (AvgIpc) is 3.34. The number of alkyl halides is 3. The van der Waals surface area contributed by atoms with Crippen molar-refractivity contribution < 1.29 is 37.1 Å². The highest BCUT2D eigenvalue weighted by molar-refractivity contribution is 5.97. The lowest BCUT2D eigenvalue weighted by Crippen LogP contribution is -2.58. The summed E-state index contributed by atoms with van der Waals surface area (Å²) in [5.41, 5.74) is 0.826. The van der Waals surface area contributed by atoms with Crippen LogP contribution in [0.5, 0.6) is 0 Å². The highest BCUT2D eigenvalue weighted by atomic mass is 19.4. The Morgan fingerprint density at radius 1 is 0.974 bits per heavy atom. The quantitative estimate of drug-likeness (QED) is 0.436. The fraction of sp³-hybridized carbons (Fsp3) is 0.593. The molecule has 1 aromatic carbocycles. The first-order chi connectivity index (χ1) is 18.1. The summed E-state index contributed by atoms with van der Waals surface area (Å²) in [6.07, 6.45) is -4.48. The zero-order chi connectivity index (χ0) is 29.5. The maximum Gasteiger partial charge on any atom is 0.452 e. The van der Waals surface area contributed by atoms with Gasteiger partial charge in [-0.2, -0.15) is 13.2 Å². The molecule has 1 aromatic rings. The van der Waals surface area contributed by atoms with Crippen LogP contribution in [0.25, 0.3) is 0 Å². The number of carbonyl (C=O) groups excluding carboxylic acids is 5. The zero-order valence-electron chi connectivity index (χ0n) is 22.9. The number of nitrogens with one attached hydrogen (secondary N) is 2. The van der Waals surface area contributed by atoms with Gasteiger partial charge in [0.15, 0.2) is 0 Å². The van der Waals surface area contributed by atoms with Gasteiger partial charge in [0.2, 0.25) is 23.6 Å². The lowest BCUT2D eigenvalue weighted by atomic mass is 9.98. The van der Waals surface area contributed by atoms with Crippen LogP contribution < -0.4 is 10.6 Å². The summed E-state index contributed by atoms with van der Waals surface area (Å²) in [7, 11) is 0. The number of nitrogens with zero attached hydrogens (tertiary/aromatic N) is 2. The SMILES string of the molecule is CC(=O)N(CC(=O)N[C@H](C(=O)N1CCC[C@H]1C(=O)NC(C(=O)C(F)(F)F)C(C)C)C(C)C)Cc1ccccc1. The summed E-state index contributed by atoms with van der Waals surface area (Å²) in [6.45, 7) is 7.60. The molecule has 0 aliphatic carbocycles. The molecule has 216 valence electrons. The second kappa shape index (κ2) is 13.6. The van der Waals surface area contributed by atoms with Gasteiger partial charge < -0.3 is 20.4 Å². The zero-order valence-corrected chi connectivity index (χ0v) is 22.9. The Balaban J connectivity index is 2.12. The van der Waals surface area contributed by atoms with Crippen LogP contribution in [0.4, 0.5) is 13.2 Å². The van der Waals surface area contributed by atoms with Crippen LogP contribution >= 0.6 is 0 Å². The molecule has 1 saturated heterocycles. The van der Waals surface area contributed by atoms with Crippen molar-refractivity contribution in [1.82, 2.24) is 20.4 Å². The number of benzene rings is 1. The summed E-state index contributed by atoms with van der Waals surface area (Å²) in [6, 6.07) is 5.20. The third-order valence-corrected chi connectivity index (χ3v) is 6.61. The molecule has 12 heteroatoms. The highest BCUT2D eigenvalue weighted by Crippen LogP contribution is 2.24. The van der Waals surface area contributed by atoms with Crippen molar-refractivity contribution in [1.29, 1.82) is 0 Å². The van der Waals surface area contributed by atoms with Crippen LogP contribution in [-0.4, -0.2) is 76.6 Å². The van der Waals surface area contributed by atoms with E-state index in [9.17, 15) is 37.1 Å². The largest absolute Gasteiger partial charge is 0.452 e. The second-order valence-electron chi connectivity index (χ2n) is 10.4. The van der Waals surface area contributed by atoms with E-state index in [-0.39, 0.29) is 37.9 Å². The van der Waals surface area contributed by atoms with Crippen LogP contribution in [0.1, 0.15) is 53.0 Å². The van der Waals surface area contributed by atoms with Gasteiger partial charge in [-0.15, -0.1) is 0 Å². The van der Waals surface area contributed by atoms with Gasteiger partial charge in [-0.05, 0) is 30.2 Å². The van der Waals surface area contributed by atoms with Crippen LogP contribution in [0.15, 0.2) is 30.3 Å². The Labute approximate surface area is 226 Å². The first-order valence-corrected chi connectivity index (χ1v) is 12.9. The van der Waals surface area contributed by atoms with Gasteiger partial charge in [-0.1, -0.05) is 58.0 Å². The summed E-state index contributed by atoms with van der Waals surface area (Å²) < 4.78 is 39.1. The van der Waals surface area contributed by atoms with Crippen molar-refractivity contribution in [3.05, 3.63) is 35.9 Å². The number of likely N-dealkylation sites (tertiary alicyclic amines) is 1. The lowest BCUT2D eigenvalue weighted by molar-refractivity contribution is -0.175. The molecule has 1 heterocycles. The van der Waals surface area contributed by atoms with Crippen molar-refractivity contribution in [2.75, 3.05) is 13.1 Å². The third kappa shape index (κ3) is 8.79. The van der Waals surface area contributed by atoms with E-state index in [1.54, 1.807) is 13.8 Å². The molecular formula is C27H37F3N4O5. The van der Waals surface area contributed by atoms with Crippen LogP contribution in [-0.2, 0) is 30.5 Å². The van der Waals surface area contributed by atoms with E-state index in [0.717, 1.165) is 5.56 Å². The Bertz CT molecular complexity index is 1050. The standard InChI is InChI=1S/C27H37F3N4O5/c1-16(2)22(24(37)27(28,29)30)32-25(38)20-12-9-13-34(20)26(39)23(17(3)4)31-21(36)15-33(18(5)35)14-19-10-7-6-8-11-19/h6-8,10-11,16-17,20,22-23H,9,12-15H2,1-5H3,(H,31,36)(H,32,38)/t20-,22?,23-/m0/s1. The number of hydrogen-bond donors (Lipinski definition) is 2. The van der Waals surface area contributed by atoms with Crippen molar-refractivity contribution >= 4 is 29.4 Å². The summed E-state index contributed by atoms with van der Waals surface area (Å²) in [5.74, 6) is -5.57. The number of rotatable bonds is 11. The van der Waals surface area contributed by atoms with E-state index in [1.807, 2.05) is 30.3 Å². The van der Waals surface area contributed by atoms with E-state index in [4.69, 9.17) is 0 Å².